The summed E-state index contributed by atoms with van der Waals surface area (Å²) < 4.78 is 10.2. The molecular formula is C26H24N2O6. The molecule has 3 aliphatic rings. The number of rotatable bonds is 6. The number of carbonyl (C=O) groups excluding carboxylic acids is 4. The molecule has 34 heavy (non-hydrogen) atoms. The molecule has 2 aromatic rings. The van der Waals surface area contributed by atoms with E-state index in [0.29, 0.717) is 17.1 Å². The quantitative estimate of drug-likeness (QED) is 0.404. The summed E-state index contributed by atoms with van der Waals surface area (Å²) >= 11 is 0. The fourth-order valence-electron chi connectivity index (χ4n) is 5.36. The van der Waals surface area contributed by atoms with Gasteiger partial charge in [-0.25, -0.2) is 4.79 Å². The second-order valence-corrected chi connectivity index (χ2v) is 8.88. The summed E-state index contributed by atoms with van der Waals surface area (Å²) in [6, 6.07) is 12.9. The molecule has 0 spiro atoms. The molecule has 0 unspecified atom stereocenters. The molecule has 2 bridgehead atoms. The fourth-order valence-corrected chi connectivity index (χ4v) is 5.36. The van der Waals surface area contributed by atoms with Crippen LogP contribution in [0.5, 0.6) is 5.75 Å². The number of esters is 1. The average molecular weight is 460 g/mol. The van der Waals surface area contributed by atoms with E-state index >= 15 is 0 Å². The molecule has 8 nitrogen and oxygen atoms in total. The van der Waals surface area contributed by atoms with Crippen molar-refractivity contribution in [2.24, 2.45) is 23.7 Å². The van der Waals surface area contributed by atoms with Gasteiger partial charge >= 0.3 is 5.97 Å². The van der Waals surface area contributed by atoms with E-state index in [4.69, 9.17) is 9.47 Å². The summed E-state index contributed by atoms with van der Waals surface area (Å²) in [5.41, 5.74) is 2.41. The van der Waals surface area contributed by atoms with Crippen molar-refractivity contribution < 1.29 is 28.7 Å². The Bertz CT molecular complexity index is 1200. The lowest BCUT2D eigenvalue weighted by Gasteiger charge is -2.19. The molecule has 3 amide bonds. The number of benzene rings is 2. The minimum Gasteiger partial charge on any atom is -0.497 e. The number of amides is 3. The third-order valence-corrected chi connectivity index (χ3v) is 6.95. The third kappa shape index (κ3) is 3.65. The molecule has 1 N–H and O–H groups in total. The Labute approximate surface area is 196 Å². The van der Waals surface area contributed by atoms with Gasteiger partial charge in [-0.3, -0.25) is 19.3 Å². The van der Waals surface area contributed by atoms with E-state index in [-0.39, 0.29) is 41.0 Å². The van der Waals surface area contributed by atoms with E-state index in [1.54, 1.807) is 43.5 Å². The number of nitrogens with one attached hydrogen (secondary N) is 1. The van der Waals surface area contributed by atoms with Gasteiger partial charge in [0.05, 0.1) is 30.2 Å². The number of imide groups is 1. The standard InChI is InChI=1S/C26H24N2O6/c1-14-11-16-12-20(14)23-22(16)24(30)28(25(23)31)18-7-3-15(4-8-18)26(32)34-13-21(29)27-17-5-9-19(33-2)10-6-17/h3-11,16,20,22-23H,12-13H2,1-2H3,(H,27,29)/t16-,20+,22+,23-/m0/s1. The predicted octanol–water partition coefficient (Wildman–Crippen LogP) is 3.19. The van der Waals surface area contributed by atoms with Gasteiger partial charge in [-0.05, 0) is 73.7 Å². The summed E-state index contributed by atoms with van der Waals surface area (Å²) in [5, 5.41) is 2.63. The van der Waals surface area contributed by atoms with E-state index in [2.05, 4.69) is 11.4 Å². The summed E-state index contributed by atoms with van der Waals surface area (Å²) in [6.07, 6.45) is 3.01. The van der Waals surface area contributed by atoms with Gasteiger partial charge in [-0.1, -0.05) is 11.6 Å². The highest BCUT2D eigenvalue weighted by Gasteiger charge is 2.60. The smallest absolute Gasteiger partial charge is 0.338 e. The normalized spacial score (nSPS) is 24.6. The Morgan fingerprint density at radius 3 is 2.35 bits per heavy atom. The lowest BCUT2D eigenvalue weighted by Crippen LogP contribution is -2.33. The van der Waals surface area contributed by atoms with Crippen molar-refractivity contribution in [2.75, 3.05) is 23.9 Å². The van der Waals surface area contributed by atoms with E-state index in [1.165, 1.54) is 22.6 Å². The zero-order valence-electron chi connectivity index (χ0n) is 18.8. The first-order valence-corrected chi connectivity index (χ1v) is 11.1. The molecule has 8 heteroatoms. The van der Waals surface area contributed by atoms with Gasteiger partial charge in [0.2, 0.25) is 11.8 Å². The maximum absolute atomic E-state index is 13.1. The first-order valence-electron chi connectivity index (χ1n) is 11.1. The topological polar surface area (TPSA) is 102 Å². The number of hydrogen-bond donors (Lipinski definition) is 1. The van der Waals surface area contributed by atoms with Crippen molar-refractivity contribution in [3.63, 3.8) is 0 Å². The van der Waals surface area contributed by atoms with Gasteiger partial charge < -0.3 is 14.8 Å². The Morgan fingerprint density at radius 2 is 1.68 bits per heavy atom. The van der Waals surface area contributed by atoms with Crippen LogP contribution >= 0.6 is 0 Å². The third-order valence-electron chi connectivity index (χ3n) is 6.95. The Morgan fingerprint density at radius 1 is 1.00 bits per heavy atom. The van der Waals surface area contributed by atoms with Crippen LogP contribution in [0.2, 0.25) is 0 Å². The number of allylic oxidation sites excluding steroid dienone is 2. The average Bonchev–Trinajstić information content (AvgIpc) is 3.48. The zero-order chi connectivity index (χ0) is 24.0. The minimum atomic E-state index is -0.676. The van der Waals surface area contributed by atoms with Gasteiger partial charge in [0.15, 0.2) is 6.61 Å². The van der Waals surface area contributed by atoms with Gasteiger partial charge in [-0.2, -0.15) is 0 Å². The molecule has 1 saturated heterocycles. The summed E-state index contributed by atoms with van der Waals surface area (Å²) in [6.45, 7) is 1.58. The fraction of sp³-hybridized carbons (Fsp3) is 0.308. The molecule has 0 radical (unpaired) electrons. The molecule has 2 fully saturated rings. The van der Waals surface area contributed by atoms with Crippen LogP contribution < -0.4 is 15.0 Å². The van der Waals surface area contributed by atoms with Crippen molar-refractivity contribution >= 4 is 35.1 Å². The first kappa shape index (κ1) is 21.9. The van der Waals surface area contributed by atoms with E-state index < -0.39 is 18.5 Å². The van der Waals surface area contributed by atoms with Crippen LogP contribution in [0.25, 0.3) is 0 Å². The monoisotopic (exact) mass is 460 g/mol. The number of hydrogen-bond acceptors (Lipinski definition) is 6. The van der Waals surface area contributed by atoms with E-state index in [0.717, 1.165) is 6.42 Å². The van der Waals surface area contributed by atoms with Crippen LogP contribution in [0.3, 0.4) is 0 Å². The lowest BCUT2D eigenvalue weighted by molar-refractivity contribution is -0.123. The Hall–Kier alpha value is -3.94. The highest BCUT2D eigenvalue weighted by atomic mass is 16.5. The summed E-state index contributed by atoms with van der Waals surface area (Å²) in [7, 11) is 1.55. The molecule has 1 heterocycles. The van der Waals surface area contributed by atoms with Gasteiger partial charge in [0.25, 0.3) is 5.91 Å². The molecule has 2 aromatic carbocycles. The Balaban J connectivity index is 1.19. The van der Waals surface area contributed by atoms with Crippen LogP contribution in [0.4, 0.5) is 11.4 Å². The number of nitrogens with zero attached hydrogens (tertiary/aromatic N) is 1. The summed E-state index contributed by atoms with van der Waals surface area (Å²) in [4.78, 5) is 51.7. The van der Waals surface area contributed by atoms with E-state index in [9.17, 15) is 19.2 Å². The molecule has 1 aliphatic heterocycles. The SMILES string of the molecule is COc1ccc(NC(=O)COC(=O)c2ccc(N3C(=O)[C@@H]4[C@H](C3=O)[C@H]3C=C(C)[C@H]4C3)cc2)cc1. The largest absolute Gasteiger partial charge is 0.497 e. The predicted molar refractivity (Wildman–Crippen MR) is 123 cm³/mol. The molecule has 4 atom stereocenters. The van der Waals surface area contributed by atoms with Gasteiger partial charge in [0.1, 0.15) is 5.75 Å². The van der Waals surface area contributed by atoms with Gasteiger partial charge in [-0.15, -0.1) is 0 Å². The van der Waals surface area contributed by atoms with Crippen LogP contribution in [0.15, 0.2) is 60.2 Å². The molecular weight excluding hydrogens is 436 g/mol. The maximum atomic E-state index is 13.1. The van der Waals surface area contributed by atoms with Crippen LogP contribution in [-0.2, 0) is 19.1 Å². The Kier molecular flexibility index (Phi) is 5.43. The van der Waals surface area contributed by atoms with E-state index in [1.807, 2.05) is 6.92 Å². The van der Waals surface area contributed by atoms with Crippen LogP contribution in [-0.4, -0.2) is 37.4 Å². The maximum Gasteiger partial charge on any atom is 0.338 e. The van der Waals surface area contributed by atoms with Crippen molar-refractivity contribution in [1.82, 2.24) is 0 Å². The molecule has 1 saturated carbocycles. The number of carbonyl (C=O) groups is 4. The van der Waals surface area contributed by atoms with Crippen molar-refractivity contribution in [2.45, 2.75) is 13.3 Å². The first-order chi connectivity index (χ1) is 16.4. The minimum absolute atomic E-state index is 0.134. The number of methoxy groups -OCH3 is 1. The molecule has 174 valence electrons. The van der Waals surface area contributed by atoms with Gasteiger partial charge in [0, 0.05) is 5.69 Å². The lowest BCUT2D eigenvalue weighted by atomic mass is 9.82. The molecule has 0 aromatic heterocycles. The number of fused-ring (bicyclic) bond motifs is 5. The second-order valence-electron chi connectivity index (χ2n) is 8.88. The molecule has 2 aliphatic carbocycles. The number of ether oxygens (including phenoxy) is 2. The second kappa shape index (κ2) is 8.44. The van der Waals surface area contributed by atoms with Crippen LogP contribution in [0, 0.1) is 23.7 Å². The van der Waals surface area contributed by atoms with Crippen LogP contribution in [0.1, 0.15) is 23.7 Å². The molecule has 5 rings (SSSR count). The zero-order valence-corrected chi connectivity index (χ0v) is 18.8. The number of anilines is 2. The highest BCUT2D eigenvalue weighted by molar-refractivity contribution is 6.23. The van der Waals surface area contributed by atoms with Crippen molar-refractivity contribution in [1.29, 1.82) is 0 Å². The van der Waals surface area contributed by atoms with Crippen molar-refractivity contribution in [3.8, 4) is 5.75 Å². The highest BCUT2D eigenvalue weighted by Crippen LogP contribution is 2.55. The van der Waals surface area contributed by atoms with Crippen molar-refractivity contribution in [3.05, 3.63) is 65.7 Å². The summed E-state index contributed by atoms with van der Waals surface area (Å²) in [5.74, 6) is -1.11.